The van der Waals surface area contributed by atoms with Crippen LogP contribution < -0.4 is 16.8 Å². The van der Waals surface area contributed by atoms with Crippen LogP contribution in [-0.4, -0.2) is 0 Å². The lowest BCUT2D eigenvalue weighted by Gasteiger charge is -2.18. The number of nitrogens with two attached hydrogens (primary N) is 2. The second-order valence-electron chi connectivity index (χ2n) is 4.57. The van der Waals surface area contributed by atoms with Gasteiger partial charge in [0.2, 0.25) is 0 Å². The summed E-state index contributed by atoms with van der Waals surface area (Å²) in [5.74, 6) is 0. The first-order chi connectivity index (χ1) is 8.58. The Kier molecular flexibility index (Phi) is 3.42. The monoisotopic (exact) mass is 241 g/mol. The Balaban J connectivity index is 2.19. The molecule has 2 aromatic rings. The highest BCUT2D eigenvalue weighted by Gasteiger charge is 2.08. The average Bonchev–Trinajstić information content (AvgIpc) is 2.34. The molecule has 5 N–H and O–H groups in total. The number of nitrogen functional groups attached to an aromatic ring is 2. The van der Waals surface area contributed by atoms with E-state index in [4.69, 9.17) is 11.5 Å². The predicted molar refractivity (Wildman–Crippen MR) is 78.5 cm³/mol. The van der Waals surface area contributed by atoms with Crippen molar-refractivity contribution in [3.8, 4) is 0 Å². The second-order valence-corrected chi connectivity index (χ2v) is 4.57. The summed E-state index contributed by atoms with van der Waals surface area (Å²) in [7, 11) is 0. The van der Waals surface area contributed by atoms with Gasteiger partial charge < -0.3 is 16.8 Å². The van der Waals surface area contributed by atoms with E-state index in [-0.39, 0.29) is 6.04 Å². The summed E-state index contributed by atoms with van der Waals surface area (Å²) in [5, 5.41) is 3.43. The van der Waals surface area contributed by atoms with Crippen LogP contribution >= 0.6 is 0 Å². The minimum Gasteiger partial charge on any atom is -0.397 e. The van der Waals surface area contributed by atoms with Gasteiger partial charge in [-0.05, 0) is 43.2 Å². The van der Waals surface area contributed by atoms with Crippen molar-refractivity contribution < 1.29 is 0 Å². The molecule has 0 fully saturated rings. The van der Waals surface area contributed by atoms with E-state index in [0.29, 0.717) is 11.4 Å². The molecule has 0 radical (unpaired) electrons. The number of rotatable bonds is 3. The summed E-state index contributed by atoms with van der Waals surface area (Å²) in [6.45, 7) is 4.25. The Bertz CT molecular complexity index is 549. The van der Waals surface area contributed by atoms with Gasteiger partial charge in [-0.2, -0.15) is 0 Å². The van der Waals surface area contributed by atoms with E-state index in [1.807, 2.05) is 24.3 Å². The number of hydrogen-bond donors (Lipinski definition) is 3. The first-order valence-electron chi connectivity index (χ1n) is 6.05. The normalized spacial score (nSPS) is 12.1. The van der Waals surface area contributed by atoms with Crippen molar-refractivity contribution in [1.29, 1.82) is 0 Å². The fourth-order valence-corrected chi connectivity index (χ4v) is 2.06. The fourth-order valence-electron chi connectivity index (χ4n) is 2.06. The van der Waals surface area contributed by atoms with Gasteiger partial charge in [0, 0.05) is 11.7 Å². The second kappa shape index (κ2) is 5.00. The molecule has 0 bridgehead atoms. The van der Waals surface area contributed by atoms with Gasteiger partial charge in [-0.3, -0.25) is 0 Å². The fraction of sp³-hybridized carbons (Fsp3) is 0.200. The van der Waals surface area contributed by atoms with Gasteiger partial charge in [0.15, 0.2) is 0 Å². The third kappa shape index (κ3) is 2.56. The molecule has 3 nitrogen and oxygen atoms in total. The van der Waals surface area contributed by atoms with Crippen LogP contribution in [0, 0.1) is 6.92 Å². The Morgan fingerprint density at radius 2 is 1.72 bits per heavy atom. The highest BCUT2D eigenvalue weighted by Crippen LogP contribution is 2.25. The summed E-state index contributed by atoms with van der Waals surface area (Å²) in [6.07, 6.45) is 0. The molecule has 94 valence electrons. The van der Waals surface area contributed by atoms with E-state index in [0.717, 1.165) is 5.69 Å². The summed E-state index contributed by atoms with van der Waals surface area (Å²) in [5.41, 5.74) is 16.3. The first kappa shape index (κ1) is 12.3. The molecule has 0 aliphatic heterocycles. The van der Waals surface area contributed by atoms with Crippen LogP contribution in [0.2, 0.25) is 0 Å². The maximum atomic E-state index is 5.80. The van der Waals surface area contributed by atoms with Crippen LogP contribution in [0.5, 0.6) is 0 Å². The third-order valence-electron chi connectivity index (χ3n) is 3.12. The van der Waals surface area contributed by atoms with Gasteiger partial charge in [0.05, 0.1) is 11.4 Å². The lowest BCUT2D eigenvalue weighted by atomic mass is 10.0. The van der Waals surface area contributed by atoms with Crippen molar-refractivity contribution in [3.05, 3.63) is 53.6 Å². The van der Waals surface area contributed by atoms with Gasteiger partial charge in [0.25, 0.3) is 0 Å². The van der Waals surface area contributed by atoms with Crippen molar-refractivity contribution in [2.75, 3.05) is 16.8 Å². The molecular formula is C15H19N3. The predicted octanol–water partition coefficient (Wildman–Crippen LogP) is 3.33. The van der Waals surface area contributed by atoms with Crippen LogP contribution in [0.15, 0.2) is 42.5 Å². The molecule has 0 aromatic heterocycles. The lowest BCUT2D eigenvalue weighted by Crippen LogP contribution is -2.08. The number of nitrogens with one attached hydrogen (secondary N) is 1. The largest absolute Gasteiger partial charge is 0.397 e. The molecule has 1 unspecified atom stereocenters. The van der Waals surface area contributed by atoms with Gasteiger partial charge in [-0.25, -0.2) is 0 Å². The van der Waals surface area contributed by atoms with E-state index in [1.165, 1.54) is 11.1 Å². The van der Waals surface area contributed by atoms with Crippen molar-refractivity contribution >= 4 is 17.1 Å². The molecule has 0 heterocycles. The third-order valence-corrected chi connectivity index (χ3v) is 3.12. The molecule has 2 aromatic carbocycles. The molecule has 0 spiro atoms. The zero-order valence-electron chi connectivity index (χ0n) is 10.8. The summed E-state index contributed by atoms with van der Waals surface area (Å²) in [4.78, 5) is 0. The van der Waals surface area contributed by atoms with E-state index in [2.05, 4.69) is 37.4 Å². The number of benzene rings is 2. The minimum atomic E-state index is 0.231. The number of hydrogen-bond acceptors (Lipinski definition) is 3. The zero-order chi connectivity index (χ0) is 13.1. The quantitative estimate of drug-likeness (QED) is 0.722. The number of aryl methyl sites for hydroxylation is 1. The molecule has 3 heteroatoms. The molecule has 1 atom stereocenters. The smallest absolute Gasteiger partial charge is 0.0568 e. The van der Waals surface area contributed by atoms with Gasteiger partial charge in [0.1, 0.15) is 0 Å². The standard InChI is InChI=1S/C15H19N3/c1-10-5-3-4-6-13(10)11(2)18-12-7-8-14(16)15(17)9-12/h3-9,11,18H,16-17H2,1-2H3. The molecule has 18 heavy (non-hydrogen) atoms. The van der Waals surface area contributed by atoms with Gasteiger partial charge >= 0.3 is 0 Å². The molecule has 0 aliphatic carbocycles. The van der Waals surface area contributed by atoms with Crippen molar-refractivity contribution in [3.63, 3.8) is 0 Å². The van der Waals surface area contributed by atoms with Crippen molar-refractivity contribution in [2.24, 2.45) is 0 Å². The Labute approximate surface area is 108 Å². The Morgan fingerprint density at radius 3 is 2.39 bits per heavy atom. The summed E-state index contributed by atoms with van der Waals surface area (Å²) < 4.78 is 0. The molecule has 0 aliphatic rings. The minimum absolute atomic E-state index is 0.231. The maximum absolute atomic E-state index is 5.80. The molecular weight excluding hydrogens is 222 g/mol. The Morgan fingerprint density at radius 1 is 1.00 bits per heavy atom. The van der Waals surface area contributed by atoms with Crippen molar-refractivity contribution in [2.45, 2.75) is 19.9 Å². The zero-order valence-corrected chi connectivity index (χ0v) is 10.8. The summed E-state index contributed by atoms with van der Waals surface area (Å²) in [6, 6.07) is 14.2. The van der Waals surface area contributed by atoms with Crippen LogP contribution in [-0.2, 0) is 0 Å². The highest BCUT2D eigenvalue weighted by molar-refractivity contribution is 5.69. The van der Waals surface area contributed by atoms with E-state index in [1.54, 1.807) is 0 Å². The topological polar surface area (TPSA) is 64.1 Å². The summed E-state index contributed by atoms with van der Waals surface area (Å²) >= 11 is 0. The SMILES string of the molecule is Cc1ccccc1C(C)Nc1ccc(N)c(N)c1. The Hall–Kier alpha value is -2.16. The lowest BCUT2D eigenvalue weighted by molar-refractivity contribution is 0.874. The van der Waals surface area contributed by atoms with E-state index >= 15 is 0 Å². The highest BCUT2D eigenvalue weighted by atomic mass is 14.9. The van der Waals surface area contributed by atoms with E-state index in [9.17, 15) is 0 Å². The molecule has 0 saturated heterocycles. The van der Waals surface area contributed by atoms with Crippen LogP contribution in [0.3, 0.4) is 0 Å². The van der Waals surface area contributed by atoms with Crippen molar-refractivity contribution in [1.82, 2.24) is 0 Å². The van der Waals surface area contributed by atoms with Crippen LogP contribution in [0.25, 0.3) is 0 Å². The van der Waals surface area contributed by atoms with Gasteiger partial charge in [-0.15, -0.1) is 0 Å². The average molecular weight is 241 g/mol. The van der Waals surface area contributed by atoms with Crippen LogP contribution in [0.1, 0.15) is 24.1 Å². The van der Waals surface area contributed by atoms with E-state index < -0.39 is 0 Å². The van der Waals surface area contributed by atoms with Gasteiger partial charge in [-0.1, -0.05) is 24.3 Å². The maximum Gasteiger partial charge on any atom is 0.0568 e. The van der Waals surface area contributed by atoms with Crippen LogP contribution in [0.4, 0.5) is 17.1 Å². The molecule has 0 amide bonds. The first-order valence-corrected chi connectivity index (χ1v) is 6.05. The molecule has 2 rings (SSSR count). The number of anilines is 3. The molecule has 0 saturated carbocycles.